The Labute approximate surface area is 331 Å². The van der Waals surface area contributed by atoms with Crippen molar-refractivity contribution in [1.29, 1.82) is 0 Å². The molecule has 3 aliphatic heterocycles. The van der Waals surface area contributed by atoms with E-state index in [0.29, 0.717) is 0 Å². The molecule has 8 aromatic carbocycles. The summed E-state index contributed by atoms with van der Waals surface area (Å²) in [5.74, 6) is 0. The van der Waals surface area contributed by atoms with Gasteiger partial charge in [-0.3, -0.25) is 0 Å². The van der Waals surface area contributed by atoms with E-state index in [4.69, 9.17) is 0 Å². The lowest BCUT2D eigenvalue weighted by atomic mass is 9.32. The summed E-state index contributed by atoms with van der Waals surface area (Å²) in [6, 6.07) is 47.1. The summed E-state index contributed by atoms with van der Waals surface area (Å²) in [5, 5.41) is 5.19. The Morgan fingerprint density at radius 1 is 0.339 bits per heavy atom. The van der Waals surface area contributed by atoms with Crippen molar-refractivity contribution in [3.8, 4) is 0 Å². The molecule has 0 aromatic heterocycles. The van der Waals surface area contributed by atoms with Gasteiger partial charge >= 0.3 is 0 Å². The molecule has 3 aliphatic rings. The molecule has 2 nitrogen and oxygen atoms in total. The van der Waals surface area contributed by atoms with Gasteiger partial charge in [0.15, 0.2) is 0 Å². The monoisotopic (exact) mass is 718 g/mol. The zero-order valence-electron chi connectivity index (χ0n) is 33.6. The largest absolute Gasteiger partial charge is 0.307 e. The zero-order valence-corrected chi connectivity index (χ0v) is 33.6. The molecule has 0 atom stereocenters. The Bertz CT molecular complexity index is 2800. The number of hydrogen-bond donors (Lipinski definition) is 0. The number of benzene rings is 8. The molecule has 0 saturated carbocycles. The van der Waals surface area contributed by atoms with E-state index in [0.717, 1.165) is 0 Å². The molecular weight excluding hydrogens is 674 g/mol. The molecule has 11 rings (SSSR count). The summed E-state index contributed by atoms with van der Waals surface area (Å²) in [5.41, 5.74) is 26.6. The second-order valence-corrected chi connectivity index (χ2v) is 17.0. The van der Waals surface area contributed by atoms with Gasteiger partial charge in [-0.15, -0.1) is 0 Å². The van der Waals surface area contributed by atoms with Gasteiger partial charge in [0.2, 0.25) is 13.4 Å². The highest BCUT2D eigenvalue weighted by molar-refractivity contribution is 7.01. The van der Waals surface area contributed by atoms with E-state index in [1.807, 2.05) is 0 Å². The first-order chi connectivity index (χ1) is 27.1. The Morgan fingerprint density at radius 3 is 1.11 bits per heavy atom. The van der Waals surface area contributed by atoms with Crippen molar-refractivity contribution in [3.63, 3.8) is 0 Å². The van der Waals surface area contributed by atoms with Gasteiger partial charge in [0.05, 0.1) is 22.7 Å². The molecule has 8 aromatic rings. The topological polar surface area (TPSA) is 6.48 Å². The van der Waals surface area contributed by atoms with Crippen LogP contribution in [0.4, 0.5) is 34.1 Å². The van der Waals surface area contributed by atoms with E-state index < -0.39 is 0 Å². The van der Waals surface area contributed by atoms with Crippen molar-refractivity contribution < 1.29 is 0 Å². The van der Waals surface area contributed by atoms with Crippen LogP contribution in [-0.4, -0.2) is 13.4 Å². The zero-order chi connectivity index (χ0) is 38.3. The summed E-state index contributed by atoms with van der Waals surface area (Å²) < 4.78 is 0. The molecule has 0 saturated heterocycles. The number of fused-ring (bicyclic) bond motifs is 10. The molecule has 0 spiro atoms. The number of hydrogen-bond acceptors (Lipinski definition) is 2. The first-order valence-corrected chi connectivity index (χ1v) is 20.2. The maximum absolute atomic E-state index is 2.66. The van der Waals surface area contributed by atoms with Gasteiger partial charge in [0.1, 0.15) is 0 Å². The third kappa shape index (κ3) is 4.47. The minimum atomic E-state index is 0.0657. The third-order valence-corrected chi connectivity index (χ3v) is 13.1. The minimum absolute atomic E-state index is 0.0657. The summed E-state index contributed by atoms with van der Waals surface area (Å²) in [6.07, 6.45) is 0. The van der Waals surface area contributed by atoms with Crippen molar-refractivity contribution >= 4 is 102 Å². The molecule has 0 fully saturated rings. The first kappa shape index (κ1) is 33.4. The summed E-state index contributed by atoms with van der Waals surface area (Å²) in [6.45, 7) is 18.4. The Hall–Kier alpha value is -5.99. The van der Waals surface area contributed by atoms with Crippen LogP contribution in [0.2, 0.25) is 0 Å². The average Bonchev–Trinajstić information content (AvgIpc) is 3.16. The van der Waals surface area contributed by atoms with Crippen LogP contribution >= 0.6 is 0 Å². The summed E-state index contributed by atoms with van der Waals surface area (Å²) in [7, 11) is 0. The molecule has 0 unspecified atom stereocenters. The number of nitrogens with zero attached hydrogens (tertiary/aromatic N) is 2. The van der Waals surface area contributed by atoms with Gasteiger partial charge in [0.25, 0.3) is 0 Å². The van der Waals surface area contributed by atoms with Crippen molar-refractivity contribution in [2.45, 2.75) is 55.4 Å². The highest BCUT2D eigenvalue weighted by Gasteiger charge is 2.48. The molecule has 3 heterocycles. The van der Waals surface area contributed by atoms with E-state index >= 15 is 0 Å². The van der Waals surface area contributed by atoms with Crippen LogP contribution in [0.5, 0.6) is 0 Å². The summed E-state index contributed by atoms with van der Waals surface area (Å²) >= 11 is 0. The van der Waals surface area contributed by atoms with Gasteiger partial charge in [-0.1, -0.05) is 152 Å². The highest BCUT2D eigenvalue weighted by atomic mass is 15.3. The van der Waals surface area contributed by atoms with E-state index in [2.05, 4.69) is 187 Å². The van der Waals surface area contributed by atoms with Crippen LogP contribution in [0, 0.1) is 55.4 Å². The predicted molar refractivity (Wildman–Crippen MR) is 244 cm³/mol. The molecule has 0 aliphatic carbocycles. The quantitative estimate of drug-likeness (QED) is 0.165. The van der Waals surface area contributed by atoms with Crippen LogP contribution in [-0.2, 0) is 0 Å². The smallest absolute Gasteiger partial charge is 0.248 e. The fourth-order valence-corrected chi connectivity index (χ4v) is 11.3. The number of aryl methyl sites for hydroxylation is 8. The molecule has 0 bridgehead atoms. The molecule has 0 radical (unpaired) electrons. The Balaban J connectivity index is 1.35. The Kier molecular flexibility index (Phi) is 7.00. The lowest BCUT2D eigenvalue weighted by molar-refractivity contribution is 1.18. The molecular formula is C52H44B2N2. The van der Waals surface area contributed by atoms with Crippen molar-refractivity contribution in [3.05, 3.63) is 166 Å². The molecule has 0 N–H and O–H groups in total. The van der Waals surface area contributed by atoms with Crippen LogP contribution in [0.25, 0.3) is 21.5 Å². The van der Waals surface area contributed by atoms with Crippen molar-refractivity contribution in [2.75, 3.05) is 9.80 Å². The normalized spacial score (nSPS) is 13.6. The van der Waals surface area contributed by atoms with Crippen LogP contribution < -0.4 is 42.6 Å². The lowest BCUT2D eigenvalue weighted by Gasteiger charge is -2.50. The SMILES string of the molecule is Cc1cc(C)c(B2c3cc(C)ccc3N3c4cc5ccccc5c5c4N(c4ccc(C)cc4B5c4c(C)cc(C)cc4C)c4cc5ccccc5c2c43)c(C)c1. The van der Waals surface area contributed by atoms with Gasteiger partial charge in [-0.25, -0.2) is 0 Å². The fourth-order valence-electron chi connectivity index (χ4n) is 11.3. The third-order valence-electron chi connectivity index (χ3n) is 13.1. The van der Waals surface area contributed by atoms with Crippen LogP contribution in [0.15, 0.2) is 121 Å². The Morgan fingerprint density at radius 2 is 0.714 bits per heavy atom. The molecule has 268 valence electrons. The van der Waals surface area contributed by atoms with Crippen LogP contribution in [0.3, 0.4) is 0 Å². The van der Waals surface area contributed by atoms with E-state index in [1.165, 1.54) is 133 Å². The lowest BCUT2D eigenvalue weighted by Crippen LogP contribution is -2.62. The van der Waals surface area contributed by atoms with Gasteiger partial charge in [-0.05, 0) is 123 Å². The highest BCUT2D eigenvalue weighted by Crippen LogP contribution is 2.56. The molecule has 0 amide bonds. The minimum Gasteiger partial charge on any atom is -0.307 e. The second-order valence-electron chi connectivity index (χ2n) is 17.0. The van der Waals surface area contributed by atoms with Gasteiger partial charge < -0.3 is 9.80 Å². The standard InChI is InChI=1S/C52H44B2N2/c1-29-17-19-43-41(25-29)53(47-33(5)21-31(3)22-34(47)6)49-39-15-11-9-13-37(39)28-46-51(49)55(43)45-27-38-14-10-12-16-40(38)50-52(45)56(46)44-20-18-30(2)26-42(44)54(50)48-35(7)23-32(4)24-36(48)8/h9-28H,1-8H3. The van der Waals surface area contributed by atoms with E-state index in [1.54, 1.807) is 0 Å². The van der Waals surface area contributed by atoms with Gasteiger partial charge in [-0.2, -0.15) is 0 Å². The fraction of sp³-hybridized carbons (Fsp3) is 0.154. The maximum atomic E-state index is 2.66. The van der Waals surface area contributed by atoms with Crippen LogP contribution in [0.1, 0.15) is 44.5 Å². The molecule has 4 heteroatoms. The summed E-state index contributed by atoms with van der Waals surface area (Å²) in [4.78, 5) is 5.32. The van der Waals surface area contributed by atoms with Gasteiger partial charge in [0, 0.05) is 11.4 Å². The number of rotatable bonds is 2. The average molecular weight is 719 g/mol. The predicted octanol–water partition coefficient (Wildman–Crippen LogP) is 9.37. The van der Waals surface area contributed by atoms with E-state index in [9.17, 15) is 0 Å². The second kappa shape index (κ2) is 11.8. The van der Waals surface area contributed by atoms with E-state index in [-0.39, 0.29) is 13.4 Å². The number of anilines is 6. The van der Waals surface area contributed by atoms with Crippen molar-refractivity contribution in [2.24, 2.45) is 0 Å². The van der Waals surface area contributed by atoms with Crippen molar-refractivity contribution in [1.82, 2.24) is 0 Å². The first-order valence-electron chi connectivity index (χ1n) is 20.2. The molecule has 56 heavy (non-hydrogen) atoms. The maximum Gasteiger partial charge on any atom is 0.248 e.